The number of fused-ring (bicyclic) bond motifs is 2. The number of ether oxygens (including phenoxy) is 2. The van der Waals surface area contributed by atoms with Crippen molar-refractivity contribution in [2.45, 2.75) is 17.9 Å². The monoisotopic (exact) mass is 496 g/mol. The molecule has 0 radical (unpaired) electrons. The Kier molecular flexibility index (Phi) is 6.87. The highest BCUT2D eigenvalue weighted by Gasteiger charge is 2.19. The van der Waals surface area contributed by atoms with E-state index in [0.717, 1.165) is 28.1 Å². The molecule has 3 aromatic rings. The van der Waals surface area contributed by atoms with E-state index in [1.54, 1.807) is 11.8 Å². The number of nitrogens with zero attached hydrogens (tertiary/aromatic N) is 2. The first kappa shape index (κ1) is 22.8. The van der Waals surface area contributed by atoms with E-state index in [0.29, 0.717) is 36.1 Å². The van der Waals surface area contributed by atoms with Crippen LogP contribution in [0.4, 0.5) is 4.39 Å². The standard InChI is InChI=1S/C21H21FN2O5S3/c1-30-10-7-24-16-12-17-18(29-9-8-28-17)13-19(16)31-21(24)23-20(25)6-11-32(26,27)15-4-2-14(22)3-5-15/h2-5,12-13H,6-11H2,1H3. The molecule has 170 valence electrons. The summed E-state index contributed by atoms with van der Waals surface area (Å²) in [6, 6.07) is 8.33. The Morgan fingerprint density at radius 1 is 1.19 bits per heavy atom. The first-order valence-electron chi connectivity index (χ1n) is 9.85. The smallest absolute Gasteiger partial charge is 0.249 e. The van der Waals surface area contributed by atoms with Gasteiger partial charge in [0.25, 0.3) is 0 Å². The van der Waals surface area contributed by atoms with Gasteiger partial charge in [-0.25, -0.2) is 12.8 Å². The molecule has 0 fully saturated rings. The highest BCUT2D eigenvalue weighted by molar-refractivity contribution is 7.98. The Morgan fingerprint density at radius 2 is 1.88 bits per heavy atom. The van der Waals surface area contributed by atoms with Gasteiger partial charge >= 0.3 is 0 Å². The Balaban J connectivity index is 1.61. The zero-order chi connectivity index (χ0) is 22.7. The van der Waals surface area contributed by atoms with E-state index in [9.17, 15) is 17.6 Å². The number of rotatable bonds is 7. The predicted molar refractivity (Wildman–Crippen MR) is 123 cm³/mol. The van der Waals surface area contributed by atoms with Crippen molar-refractivity contribution in [1.29, 1.82) is 0 Å². The number of carbonyl (C=O) groups excluding carboxylic acids is 1. The molecule has 1 aliphatic heterocycles. The molecule has 0 saturated carbocycles. The van der Waals surface area contributed by atoms with Crippen LogP contribution in [0.2, 0.25) is 0 Å². The molecule has 2 aromatic carbocycles. The van der Waals surface area contributed by atoms with Crippen LogP contribution in [-0.4, -0.2) is 49.9 Å². The maximum atomic E-state index is 13.1. The average molecular weight is 497 g/mol. The maximum Gasteiger partial charge on any atom is 0.249 e. The SMILES string of the molecule is CSCCn1c(=NC(=O)CCS(=O)(=O)c2ccc(F)cc2)sc2cc3c(cc21)OCCO3. The van der Waals surface area contributed by atoms with Crippen LogP contribution in [0.3, 0.4) is 0 Å². The molecule has 32 heavy (non-hydrogen) atoms. The third-order valence-corrected chi connectivity index (χ3v) is 8.21. The number of aryl methyl sites for hydroxylation is 1. The molecule has 1 amide bonds. The van der Waals surface area contributed by atoms with Gasteiger partial charge < -0.3 is 14.0 Å². The van der Waals surface area contributed by atoms with Gasteiger partial charge in [-0.2, -0.15) is 16.8 Å². The molecular weight excluding hydrogens is 475 g/mol. The highest BCUT2D eigenvalue weighted by Crippen LogP contribution is 2.35. The number of aromatic nitrogens is 1. The molecule has 0 atom stereocenters. The number of carbonyl (C=O) groups is 1. The van der Waals surface area contributed by atoms with Crippen LogP contribution in [0.5, 0.6) is 11.5 Å². The van der Waals surface area contributed by atoms with E-state index >= 15 is 0 Å². The fourth-order valence-corrected chi connectivity index (χ4v) is 5.91. The molecule has 0 unspecified atom stereocenters. The summed E-state index contributed by atoms with van der Waals surface area (Å²) < 4.78 is 52.1. The summed E-state index contributed by atoms with van der Waals surface area (Å²) in [4.78, 5) is 17.2. The van der Waals surface area contributed by atoms with Crippen molar-refractivity contribution in [3.63, 3.8) is 0 Å². The van der Waals surface area contributed by atoms with Crippen LogP contribution >= 0.6 is 23.1 Å². The van der Waals surface area contributed by atoms with Crippen molar-refractivity contribution in [2.24, 2.45) is 4.99 Å². The van der Waals surface area contributed by atoms with Crippen molar-refractivity contribution in [1.82, 2.24) is 4.57 Å². The molecule has 0 spiro atoms. The van der Waals surface area contributed by atoms with Crippen molar-refractivity contribution in [3.8, 4) is 11.5 Å². The minimum absolute atomic E-state index is 0.0193. The minimum Gasteiger partial charge on any atom is -0.486 e. The molecule has 1 aromatic heterocycles. The van der Waals surface area contributed by atoms with Gasteiger partial charge in [0.05, 0.1) is 20.9 Å². The second kappa shape index (κ2) is 9.63. The third-order valence-electron chi connectivity index (χ3n) is 4.84. The second-order valence-electron chi connectivity index (χ2n) is 7.02. The van der Waals surface area contributed by atoms with Gasteiger partial charge in [-0.3, -0.25) is 4.79 Å². The van der Waals surface area contributed by atoms with E-state index in [-0.39, 0.29) is 11.3 Å². The zero-order valence-corrected chi connectivity index (χ0v) is 19.7. The number of halogens is 1. The van der Waals surface area contributed by atoms with Crippen LogP contribution < -0.4 is 14.3 Å². The molecule has 4 rings (SSSR count). The van der Waals surface area contributed by atoms with E-state index in [2.05, 4.69) is 4.99 Å². The van der Waals surface area contributed by atoms with E-state index in [1.807, 2.05) is 23.0 Å². The van der Waals surface area contributed by atoms with Gasteiger partial charge in [-0.05, 0) is 30.5 Å². The van der Waals surface area contributed by atoms with E-state index < -0.39 is 27.3 Å². The minimum atomic E-state index is -3.71. The van der Waals surface area contributed by atoms with Crippen LogP contribution in [-0.2, 0) is 21.2 Å². The number of hydrogen-bond donors (Lipinski definition) is 0. The summed E-state index contributed by atoms with van der Waals surface area (Å²) in [5, 5.41) is 0. The van der Waals surface area contributed by atoms with Gasteiger partial charge in [0, 0.05) is 30.9 Å². The van der Waals surface area contributed by atoms with E-state index in [4.69, 9.17) is 9.47 Å². The zero-order valence-electron chi connectivity index (χ0n) is 17.2. The average Bonchev–Trinajstić information content (AvgIpc) is 3.10. The molecule has 0 bridgehead atoms. The van der Waals surface area contributed by atoms with Crippen molar-refractivity contribution < 1.29 is 27.1 Å². The van der Waals surface area contributed by atoms with Crippen molar-refractivity contribution in [2.75, 3.05) is 31.0 Å². The molecule has 0 saturated heterocycles. The maximum absolute atomic E-state index is 13.1. The number of benzene rings is 2. The first-order chi connectivity index (χ1) is 15.4. The van der Waals surface area contributed by atoms with Gasteiger partial charge in [0.15, 0.2) is 26.1 Å². The number of hydrogen-bond acceptors (Lipinski definition) is 7. The lowest BCUT2D eigenvalue weighted by Gasteiger charge is -2.18. The van der Waals surface area contributed by atoms with Gasteiger partial charge in [0.2, 0.25) is 5.91 Å². The Morgan fingerprint density at radius 3 is 2.56 bits per heavy atom. The fraction of sp³-hybridized carbons (Fsp3) is 0.333. The van der Waals surface area contributed by atoms with Crippen LogP contribution in [0.15, 0.2) is 46.3 Å². The summed E-state index contributed by atoms with van der Waals surface area (Å²) in [6.07, 6.45) is 1.73. The van der Waals surface area contributed by atoms with E-state index in [1.165, 1.54) is 23.5 Å². The fourth-order valence-electron chi connectivity index (χ4n) is 3.23. The molecule has 0 aliphatic carbocycles. The largest absolute Gasteiger partial charge is 0.486 e. The molecule has 1 aliphatic rings. The Hall–Kier alpha value is -2.37. The molecule has 7 nitrogen and oxygen atoms in total. The van der Waals surface area contributed by atoms with Gasteiger partial charge in [-0.15, -0.1) is 0 Å². The third kappa shape index (κ3) is 5.00. The molecular formula is C21H21FN2O5S3. The Labute approximate surface area is 192 Å². The van der Waals surface area contributed by atoms with Crippen LogP contribution in [0, 0.1) is 5.82 Å². The Bertz CT molecular complexity index is 1310. The highest BCUT2D eigenvalue weighted by atomic mass is 32.2. The van der Waals surface area contributed by atoms with Crippen LogP contribution in [0.25, 0.3) is 10.2 Å². The second-order valence-corrected chi connectivity index (χ2v) is 11.1. The number of sulfone groups is 1. The topological polar surface area (TPSA) is 87.0 Å². The van der Waals surface area contributed by atoms with Gasteiger partial charge in [0.1, 0.15) is 19.0 Å². The molecule has 2 heterocycles. The lowest BCUT2D eigenvalue weighted by molar-refractivity contribution is -0.117. The van der Waals surface area contributed by atoms with Crippen molar-refractivity contribution >= 4 is 49.1 Å². The van der Waals surface area contributed by atoms with Gasteiger partial charge in [-0.1, -0.05) is 11.3 Å². The molecule has 11 heteroatoms. The number of thiazole rings is 1. The summed E-state index contributed by atoms with van der Waals surface area (Å²) in [5.74, 6) is 0.685. The normalized spacial score (nSPS) is 14.1. The summed E-state index contributed by atoms with van der Waals surface area (Å²) in [5.41, 5.74) is 0.888. The number of thioether (sulfide) groups is 1. The lowest BCUT2D eigenvalue weighted by atomic mass is 10.2. The predicted octanol–water partition coefficient (Wildman–Crippen LogP) is 3.27. The number of amides is 1. The summed E-state index contributed by atoms with van der Waals surface area (Å²) in [6.45, 7) is 1.60. The summed E-state index contributed by atoms with van der Waals surface area (Å²) in [7, 11) is -3.71. The quantitative estimate of drug-likeness (QED) is 0.467. The first-order valence-corrected chi connectivity index (χ1v) is 13.7. The lowest BCUT2D eigenvalue weighted by Crippen LogP contribution is -2.19. The molecule has 0 N–H and O–H groups in total. The summed E-state index contributed by atoms with van der Waals surface area (Å²) >= 11 is 3.02. The van der Waals surface area contributed by atoms with Crippen molar-refractivity contribution in [3.05, 3.63) is 47.0 Å². The van der Waals surface area contributed by atoms with Crippen LogP contribution in [0.1, 0.15) is 6.42 Å².